The molecule has 0 rings (SSSR count). The van der Waals surface area contributed by atoms with Crippen LogP contribution in [0.1, 0.15) is 309 Å². The summed E-state index contributed by atoms with van der Waals surface area (Å²) in [6.07, 6.45) is 68.8. The highest BCUT2D eigenvalue weighted by atomic mass is 16.5. The molecule has 0 aromatic rings. The first kappa shape index (κ1) is 64.1. The molecule has 0 spiro atoms. The number of aliphatic hydroxyl groups is 2. The zero-order valence-corrected chi connectivity index (χ0v) is 44.2. The van der Waals surface area contributed by atoms with Crippen molar-refractivity contribution in [2.24, 2.45) is 0 Å². The number of ether oxygens (including phenoxy) is 1. The maximum Gasteiger partial charge on any atom is 0.305 e. The third-order valence-electron chi connectivity index (χ3n) is 13.4. The molecule has 0 aliphatic heterocycles. The maximum atomic E-state index is 12.5. The summed E-state index contributed by atoms with van der Waals surface area (Å²) in [7, 11) is 0. The van der Waals surface area contributed by atoms with Crippen LogP contribution in [-0.2, 0) is 14.3 Å². The standard InChI is InChI=1S/C60H113NO5/c1-3-5-7-9-11-13-15-17-19-20-21-22-23-25-28-32-36-40-44-48-52-58(63)57(56-62)61-59(64)53-49-45-41-37-33-29-26-24-27-31-35-39-43-47-51-55-66-60(65)54-50-46-42-38-34-30-18-16-14-12-10-8-6-4-2/h16,18,27,31,48,52,57-58,62-63H,3-15,17,19-26,28-30,32-47,49-51,53-56H2,1-2H3,(H,61,64)/b18-16-,31-27-,52-48+. The van der Waals surface area contributed by atoms with Crippen LogP contribution < -0.4 is 5.32 Å². The van der Waals surface area contributed by atoms with Crippen molar-refractivity contribution in [2.45, 2.75) is 321 Å². The number of carbonyl (C=O) groups excluding carboxylic acids is 2. The van der Waals surface area contributed by atoms with Crippen LogP contribution in [0.25, 0.3) is 0 Å². The van der Waals surface area contributed by atoms with Crippen LogP contribution in [0.15, 0.2) is 36.5 Å². The molecule has 0 saturated heterocycles. The molecule has 0 fully saturated rings. The van der Waals surface area contributed by atoms with E-state index in [4.69, 9.17) is 4.74 Å². The lowest BCUT2D eigenvalue weighted by molar-refractivity contribution is -0.143. The lowest BCUT2D eigenvalue weighted by Gasteiger charge is -2.20. The molecule has 0 heterocycles. The highest BCUT2D eigenvalue weighted by molar-refractivity contribution is 5.76. The van der Waals surface area contributed by atoms with E-state index in [9.17, 15) is 19.8 Å². The number of amides is 1. The third-order valence-corrected chi connectivity index (χ3v) is 13.4. The minimum Gasteiger partial charge on any atom is -0.466 e. The smallest absolute Gasteiger partial charge is 0.305 e. The summed E-state index contributed by atoms with van der Waals surface area (Å²) in [6.45, 7) is 4.87. The van der Waals surface area contributed by atoms with Crippen molar-refractivity contribution >= 4 is 11.9 Å². The number of carbonyl (C=O) groups is 2. The van der Waals surface area contributed by atoms with Gasteiger partial charge in [0.25, 0.3) is 0 Å². The Morgan fingerprint density at radius 3 is 1.08 bits per heavy atom. The Hall–Kier alpha value is -1.92. The van der Waals surface area contributed by atoms with Crippen LogP contribution in [-0.4, -0.2) is 47.4 Å². The summed E-state index contributed by atoms with van der Waals surface area (Å²) < 4.78 is 5.45. The van der Waals surface area contributed by atoms with E-state index in [0.29, 0.717) is 19.4 Å². The first-order valence-corrected chi connectivity index (χ1v) is 29.3. The van der Waals surface area contributed by atoms with Gasteiger partial charge in [0.2, 0.25) is 5.91 Å². The highest BCUT2D eigenvalue weighted by Gasteiger charge is 2.18. The molecule has 0 aromatic heterocycles. The van der Waals surface area contributed by atoms with Gasteiger partial charge in [-0.3, -0.25) is 9.59 Å². The second-order valence-corrected chi connectivity index (χ2v) is 20.0. The minimum absolute atomic E-state index is 0.0197. The van der Waals surface area contributed by atoms with Crippen LogP contribution in [0, 0.1) is 0 Å². The number of aliphatic hydroxyl groups excluding tert-OH is 2. The molecular weight excluding hydrogens is 815 g/mol. The van der Waals surface area contributed by atoms with Gasteiger partial charge in [0.05, 0.1) is 25.4 Å². The Morgan fingerprint density at radius 1 is 0.409 bits per heavy atom. The second-order valence-electron chi connectivity index (χ2n) is 20.0. The number of hydrogen-bond acceptors (Lipinski definition) is 5. The quantitative estimate of drug-likeness (QED) is 0.0321. The predicted molar refractivity (Wildman–Crippen MR) is 287 cm³/mol. The molecule has 6 nitrogen and oxygen atoms in total. The van der Waals surface area contributed by atoms with Crippen molar-refractivity contribution in [3.05, 3.63) is 36.5 Å². The highest BCUT2D eigenvalue weighted by Crippen LogP contribution is 2.16. The number of esters is 1. The van der Waals surface area contributed by atoms with Crippen molar-refractivity contribution in [1.82, 2.24) is 5.32 Å². The Labute approximate surface area is 411 Å². The fraction of sp³-hybridized carbons (Fsp3) is 0.867. The predicted octanol–water partition coefficient (Wildman–Crippen LogP) is 18.0. The van der Waals surface area contributed by atoms with Crippen LogP contribution in [0.5, 0.6) is 0 Å². The van der Waals surface area contributed by atoms with Crippen LogP contribution in [0.3, 0.4) is 0 Å². The van der Waals surface area contributed by atoms with Gasteiger partial charge in [-0.15, -0.1) is 0 Å². The van der Waals surface area contributed by atoms with Gasteiger partial charge in [0.15, 0.2) is 0 Å². The van der Waals surface area contributed by atoms with Crippen molar-refractivity contribution in [2.75, 3.05) is 13.2 Å². The molecule has 0 aliphatic carbocycles. The largest absolute Gasteiger partial charge is 0.466 e. The van der Waals surface area contributed by atoms with E-state index in [1.165, 1.54) is 212 Å². The van der Waals surface area contributed by atoms with E-state index in [-0.39, 0.29) is 18.5 Å². The molecule has 0 aromatic carbocycles. The van der Waals surface area contributed by atoms with Gasteiger partial charge in [-0.1, -0.05) is 249 Å². The van der Waals surface area contributed by atoms with Gasteiger partial charge < -0.3 is 20.3 Å². The zero-order chi connectivity index (χ0) is 47.9. The average molecular weight is 929 g/mol. The monoisotopic (exact) mass is 928 g/mol. The van der Waals surface area contributed by atoms with Crippen molar-refractivity contribution < 1.29 is 24.5 Å². The molecule has 0 aliphatic rings. The van der Waals surface area contributed by atoms with E-state index in [0.717, 1.165) is 70.6 Å². The normalized spacial score (nSPS) is 12.8. The van der Waals surface area contributed by atoms with Gasteiger partial charge in [0, 0.05) is 12.8 Å². The first-order valence-electron chi connectivity index (χ1n) is 29.3. The molecule has 6 heteroatoms. The molecular formula is C60H113NO5. The number of rotatable bonds is 54. The number of allylic oxidation sites excluding steroid dienone is 5. The average Bonchev–Trinajstić information content (AvgIpc) is 3.32. The van der Waals surface area contributed by atoms with Crippen LogP contribution in [0.2, 0.25) is 0 Å². The number of hydrogen-bond donors (Lipinski definition) is 3. The lowest BCUT2D eigenvalue weighted by Crippen LogP contribution is -2.45. The molecule has 0 bridgehead atoms. The molecule has 0 saturated carbocycles. The Kier molecular flexibility index (Phi) is 54.1. The zero-order valence-electron chi connectivity index (χ0n) is 44.2. The van der Waals surface area contributed by atoms with Gasteiger partial charge in [-0.2, -0.15) is 0 Å². The Balaban J connectivity index is 3.51. The number of nitrogens with one attached hydrogen (secondary N) is 1. The summed E-state index contributed by atoms with van der Waals surface area (Å²) in [5, 5.41) is 23.2. The van der Waals surface area contributed by atoms with Gasteiger partial charge in [-0.25, -0.2) is 0 Å². The summed E-state index contributed by atoms with van der Waals surface area (Å²) in [5.74, 6) is -0.101. The minimum atomic E-state index is -0.856. The molecule has 0 radical (unpaired) electrons. The van der Waals surface area contributed by atoms with Crippen molar-refractivity contribution in [3.63, 3.8) is 0 Å². The summed E-state index contributed by atoms with van der Waals surface area (Å²) in [4.78, 5) is 24.5. The number of unbranched alkanes of at least 4 members (excludes halogenated alkanes) is 39. The van der Waals surface area contributed by atoms with Gasteiger partial charge >= 0.3 is 5.97 Å². The van der Waals surface area contributed by atoms with Crippen LogP contribution in [0.4, 0.5) is 0 Å². The summed E-state index contributed by atoms with van der Waals surface area (Å²) in [5.41, 5.74) is 0. The summed E-state index contributed by atoms with van der Waals surface area (Å²) >= 11 is 0. The van der Waals surface area contributed by atoms with E-state index in [2.05, 4.69) is 43.5 Å². The Morgan fingerprint density at radius 2 is 0.712 bits per heavy atom. The van der Waals surface area contributed by atoms with Crippen molar-refractivity contribution in [3.8, 4) is 0 Å². The third kappa shape index (κ3) is 51.5. The second kappa shape index (κ2) is 55.7. The molecule has 3 N–H and O–H groups in total. The fourth-order valence-electron chi connectivity index (χ4n) is 8.86. The van der Waals surface area contributed by atoms with Crippen LogP contribution >= 0.6 is 0 Å². The van der Waals surface area contributed by atoms with E-state index in [1.807, 2.05) is 6.08 Å². The summed E-state index contributed by atoms with van der Waals surface area (Å²) in [6, 6.07) is -0.640. The first-order chi connectivity index (χ1) is 32.5. The van der Waals surface area contributed by atoms with E-state index < -0.39 is 12.1 Å². The molecule has 66 heavy (non-hydrogen) atoms. The maximum absolute atomic E-state index is 12.5. The molecule has 1 amide bonds. The van der Waals surface area contributed by atoms with E-state index >= 15 is 0 Å². The SMILES string of the molecule is CCCCCCC/C=C\CCCCCCCC(=O)OCCCCCC/C=C\CCCCCCCCCC(=O)NC(CO)C(O)/C=C/CCCCCCCCCCCCCCCCCCCC. The van der Waals surface area contributed by atoms with E-state index in [1.54, 1.807) is 6.08 Å². The fourth-order valence-corrected chi connectivity index (χ4v) is 8.86. The lowest BCUT2D eigenvalue weighted by atomic mass is 10.0. The molecule has 388 valence electrons. The molecule has 2 atom stereocenters. The van der Waals surface area contributed by atoms with Gasteiger partial charge in [0.1, 0.15) is 0 Å². The molecule has 2 unspecified atom stereocenters. The van der Waals surface area contributed by atoms with Crippen molar-refractivity contribution in [1.29, 1.82) is 0 Å². The Bertz CT molecular complexity index is 1070. The topological polar surface area (TPSA) is 95.9 Å². The van der Waals surface area contributed by atoms with Gasteiger partial charge in [-0.05, 0) is 83.5 Å².